The van der Waals surface area contributed by atoms with Gasteiger partial charge in [0.2, 0.25) is 5.16 Å². The van der Waals surface area contributed by atoms with E-state index in [4.69, 9.17) is 4.74 Å². The zero-order valence-electron chi connectivity index (χ0n) is 15.5. The number of hydrogen-bond donors (Lipinski definition) is 0. The van der Waals surface area contributed by atoms with Crippen LogP contribution >= 0.6 is 27.7 Å². The molecule has 0 spiro atoms. The third kappa shape index (κ3) is 5.20. The number of nitrogens with zero attached hydrogens (tertiary/aromatic N) is 4. The Kier molecular flexibility index (Phi) is 6.68. The molecule has 0 aliphatic heterocycles. The van der Waals surface area contributed by atoms with Gasteiger partial charge in [0.1, 0.15) is 5.75 Å². The van der Waals surface area contributed by atoms with Crippen LogP contribution in [0.1, 0.15) is 36.7 Å². The van der Waals surface area contributed by atoms with Crippen LogP contribution in [0.25, 0.3) is 0 Å². The first-order valence-electron chi connectivity index (χ1n) is 8.58. The Morgan fingerprint density at radius 1 is 1.11 bits per heavy atom. The normalized spacial score (nSPS) is 11.4. The van der Waals surface area contributed by atoms with Crippen molar-refractivity contribution in [2.24, 2.45) is 5.10 Å². The molecule has 140 valence electrons. The quantitative estimate of drug-likeness (QED) is 0.364. The van der Waals surface area contributed by atoms with Gasteiger partial charge in [-0.05, 0) is 47.5 Å². The topological polar surface area (TPSA) is 52.3 Å². The Hall–Kier alpha value is -2.12. The van der Waals surface area contributed by atoms with E-state index in [1.807, 2.05) is 47.3 Å². The second-order valence-electron chi connectivity index (χ2n) is 6.24. The SMILES string of the molecule is COc1ccc(/C=N\n2c(SCc3ccc(Br)cc3)nnc2C(C)C)cc1. The van der Waals surface area contributed by atoms with Crippen LogP contribution in [0.4, 0.5) is 0 Å². The van der Waals surface area contributed by atoms with Gasteiger partial charge in [-0.2, -0.15) is 9.78 Å². The number of methoxy groups -OCH3 is 1. The molecule has 0 atom stereocenters. The molecule has 3 rings (SSSR count). The van der Waals surface area contributed by atoms with E-state index in [2.05, 4.69) is 57.2 Å². The van der Waals surface area contributed by atoms with Gasteiger partial charge in [0, 0.05) is 16.1 Å². The number of halogens is 1. The maximum Gasteiger partial charge on any atom is 0.212 e. The van der Waals surface area contributed by atoms with E-state index < -0.39 is 0 Å². The van der Waals surface area contributed by atoms with Gasteiger partial charge in [0.05, 0.1) is 13.3 Å². The maximum absolute atomic E-state index is 5.19. The van der Waals surface area contributed by atoms with Crippen LogP contribution in [0, 0.1) is 0 Å². The highest BCUT2D eigenvalue weighted by molar-refractivity contribution is 9.10. The van der Waals surface area contributed by atoms with Crippen molar-refractivity contribution >= 4 is 33.9 Å². The molecule has 27 heavy (non-hydrogen) atoms. The Bertz CT molecular complexity index is 905. The van der Waals surface area contributed by atoms with Gasteiger partial charge < -0.3 is 4.74 Å². The lowest BCUT2D eigenvalue weighted by atomic mass is 10.2. The molecule has 0 bridgehead atoms. The highest BCUT2D eigenvalue weighted by Crippen LogP contribution is 2.25. The van der Waals surface area contributed by atoms with Crippen molar-refractivity contribution in [1.29, 1.82) is 0 Å². The fraction of sp³-hybridized carbons (Fsp3) is 0.250. The molecule has 0 fully saturated rings. The third-order valence-electron chi connectivity index (χ3n) is 3.87. The van der Waals surface area contributed by atoms with E-state index in [1.54, 1.807) is 18.9 Å². The van der Waals surface area contributed by atoms with Crippen molar-refractivity contribution in [1.82, 2.24) is 14.9 Å². The lowest BCUT2D eigenvalue weighted by molar-refractivity contribution is 0.415. The minimum Gasteiger partial charge on any atom is -0.497 e. The van der Waals surface area contributed by atoms with E-state index in [9.17, 15) is 0 Å². The van der Waals surface area contributed by atoms with E-state index in [0.717, 1.165) is 32.5 Å². The first-order chi connectivity index (χ1) is 13.1. The first-order valence-corrected chi connectivity index (χ1v) is 10.4. The fourth-order valence-corrected chi connectivity index (χ4v) is 3.49. The molecule has 0 radical (unpaired) electrons. The summed E-state index contributed by atoms with van der Waals surface area (Å²) in [4.78, 5) is 0. The molecule has 7 heteroatoms. The summed E-state index contributed by atoms with van der Waals surface area (Å²) in [5.74, 6) is 2.71. The third-order valence-corrected chi connectivity index (χ3v) is 5.39. The van der Waals surface area contributed by atoms with Gasteiger partial charge in [-0.25, -0.2) is 0 Å². The van der Waals surface area contributed by atoms with E-state index >= 15 is 0 Å². The lowest BCUT2D eigenvalue weighted by Gasteiger charge is -2.07. The minimum absolute atomic E-state index is 0.229. The van der Waals surface area contributed by atoms with Crippen LogP contribution in [0.5, 0.6) is 5.75 Å². The molecule has 0 aliphatic carbocycles. The molecule has 0 N–H and O–H groups in total. The standard InChI is InChI=1S/C20H21BrN4OS/c1-14(2)19-23-24-20(27-13-16-4-8-17(21)9-5-16)25(19)22-12-15-6-10-18(26-3)11-7-15/h4-12,14H,13H2,1-3H3/b22-12-. The number of aromatic nitrogens is 3. The smallest absolute Gasteiger partial charge is 0.212 e. The van der Waals surface area contributed by atoms with Gasteiger partial charge in [-0.3, -0.25) is 0 Å². The van der Waals surface area contributed by atoms with Gasteiger partial charge in [-0.1, -0.05) is 53.7 Å². The number of benzene rings is 2. The predicted octanol–water partition coefficient (Wildman–Crippen LogP) is 5.35. The second kappa shape index (κ2) is 9.19. The molecule has 0 saturated carbocycles. The Balaban J connectivity index is 1.80. The number of rotatable bonds is 7. The Labute approximate surface area is 172 Å². The molecule has 2 aromatic carbocycles. The summed E-state index contributed by atoms with van der Waals surface area (Å²) in [6.07, 6.45) is 1.82. The van der Waals surface area contributed by atoms with Crippen molar-refractivity contribution in [2.45, 2.75) is 30.7 Å². The zero-order chi connectivity index (χ0) is 19.2. The van der Waals surface area contributed by atoms with Crippen LogP contribution < -0.4 is 4.74 Å². The largest absolute Gasteiger partial charge is 0.497 e. The monoisotopic (exact) mass is 444 g/mol. The van der Waals surface area contributed by atoms with Crippen LogP contribution in [0.3, 0.4) is 0 Å². The summed E-state index contributed by atoms with van der Waals surface area (Å²) in [6.45, 7) is 4.18. The molecule has 0 amide bonds. The summed E-state index contributed by atoms with van der Waals surface area (Å²) in [5.41, 5.74) is 2.21. The highest BCUT2D eigenvalue weighted by Gasteiger charge is 2.15. The van der Waals surface area contributed by atoms with Crippen molar-refractivity contribution in [3.05, 3.63) is 70.0 Å². The molecular weight excluding hydrogens is 424 g/mol. The molecule has 1 aromatic heterocycles. The van der Waals surface area contributed by atoms with Crippen molar-refractivity contribution in [3.63, 3.8) is 0 Å². The number of hydrogen-bond acceptors (Lipinski definition) is 5. The summed E-state index contributed by atoms with van der Waals surface area (Å²) in [6, 6.07) is 16.1. The van der Waals surface area contributed by atoms with Gasteiger partial charge in [-0.15, -0.1) is 10.2 Å². The summed E-state index contributed by atoms with van der Waals surface area (Å²) in [5, 5.41) is 14.1. The van der Waals surface area contributed by atoms with Crippen molar-refractivity contribution < 1.29 is 4.74 Å². The van der Waals surface area contributed by atoms with E-state index in [0.29, 0.717) is 0 Å². The average molecular weight is 445 g/mol. The molecule has 0 aliphatic rings. The van der Waals surface area contributed by atoms with Crippen LogP contribution in [0.15, 0.2) is 63.3 Å². The highest BCUT2D eigenvalue weighted by atomic mass is 79.9. The van der Waals surface area contributed by atoms with Crippen molar-refractivity contribution in [3.8, 4) is 5.75 Å². The molecule has 1 heterocycles. The summed E-state index contributed by atoms with van der Waals surface area (Å²) >= 11 is 5.09. The van der Waals surface area contributed by atoms with Crippen LogP contribution in [-0.2, 0) is 5.75 Å². The van der Waals surface area contributed by atoms with E-state index in [1.165, 1.54) is 5.56 Å². The second-order valence-corrected chi connectivity index (χ2v) is 8.10. The van der Waals surface area contributed by atoms with Gasteiger partial charge >= 0.3 is 0 Å². The van der Waals surface area contributed by atoms with Gasteiger partial charge in [0.15, 0.2) is 5.82 Å². The summed E-state index contributed by atoms with van der Waals surface area (Å²) < 4.78 is 8.10. The van der Waals surface area contributed by atoms with Gasteiger partial charge in [0.25, 0.3) is 0 Å². The van der Waals surface area contributed by atoms with Crippen LogP contribution in [0.2, 0.25) is 0 Å². The van der Waals surface area contributed by atoms with Crippen molar-refractivity contribution in [2.75, 3.05) is 7.11 Å². The summed E-state index contributed by atoms with van der Waals surface area (Å²) in [7, 11) is 1.66. The molecule has 5 nitrogen and oxygen atoms in total. The molecule has 3 aromatic rings. The molecule has 0 saturated heterocycles. The predicted molar refractivity (Wildman–Crippen MR) is 114 cm³/mol. The molecule has 0 unspecified atom stereocenters. The number of thioether (sulfide) groups is 1. The van der Waals surface area contributed by atoms with E-state index in [-0.39, 0.29) is 5.92 Å². The van der Waals surface area contributed by atoms with Crippen LogP contribution in [-0.4, -0.2) is 28.2 Å². The Morgan fingerprint density at radius 3 is 2.44 bits per heavy atom. The Morgan fingerprint density at radius 2 is 1.81 bits per heavy atom. The fourth-order valence-electron chi connectivity index (χ4n) is 2.38. The zero-order valence-corrected chi connectivity index (χ0v) is 17.9. The first kappa shape index (κ1) is 19.6. The lowest BCUT2D eigenvalue weighted by Crippen LogP contribution is -2.02. The minimum atomic E-state index is 0.229. The number of ether oxygens (including phenoxy) is 1. The maximum atomic E-state index is 5.19. The average Bonchev–Trinajstić information content (AvgIpc) is 3.09. The molecular formula is C20H21BrN4OS.